The molecule has 2 rings (SSSR count). The van der Waals surface area contributed by atoms with Gasteiger partial charge in [-0.1, -0.05) is 11.6 Å². The summed E-state index contributed by atoms with van der Waals surface area (Å²) < 4.78 is 5.05. The van der Waals surface area contributed by atoms with Crippen molar-refractivity contribution in [2.45, 2.75) is 0 Å². The van der Waals surface area contributed by atoms with Crippen LogP contribution in [0.25, 0.3) is 0 Å². The highest BCUT2D eigenvalue weighted by Crippen LogP contribution is 2.28. The fourth-order valence-corrected chi connectivity index (χ4v) is 1.41. The Bertz CT molecular complexity index is 564. The van der Waals surface area contributed by atoms with E-state index in [4.69, 9.17) is 16.0 Å². The third kappa shape index (κ3) is 2.70. The molecule has 1 heterocycles. The number of benzene rings is 1. The second-order valence-corrected chi connectivity index (χ2v) is 3.57. The van der Waals surface area contributed by atoms with Gasteiger partial charge in [0.25, 0.3) is 5.69 Å². The van der Waals surface area contributed by atoms with Crippen molar-refractivity contribution in [3.05, 3.63) is 57.5 Å². The lowest BCUT2D eigenvalue weighted by molar-refractivity contribution is -0.384. The molecule has 0 radical (unpaired) electrons. The molecule has 0 atom stereocenters. The molecule has 0 bridgehead atoms. The van der Waals surface area contributed by atoms with Crippen molar-refractivity contribution in [2.24, 2.45) is 4.99 Å². The van der Waals surface area contributed by atoms with Crippen molar-refractivity contribution in [3.8, 4) is 0 Å². The van der Waals surface area contributed by atoms with Gasteiger partial charge in [0, 0.05) is 6.07 Å². The van der Waals surface area contributed by atoms with E-state index in [1.54, 1.807) is 18.2 Å². The van der Waals surface area contributed by atoms with Crippen molar-refractivity contribution >= 4 is 29.2 Å². The summed E-state index contributed by atoms with van der Waals surface area (Å²) in [5.41, 5.74) is 0.276. The van der Waals surface area contributed by atoms with Gasteiger partial charge in [-0.3, -0.25) is 15.1 Å². The first kappa shape index (κ1) is 11.3. The topological polar surface area (TPSA) is 68.6 Å². The number of hydrogen-bond donors (Lipinski definition) is 0. The van der Waals surface area contributed by atoms with Gasteiger partial charge in [-0.05, 0) is 24.3 Å². The minimum absolute atomic E-state index is 0.0898. The largest absolute Gasteiger partial charge is 0.463 e. The third-order valence-corrected chi connectivity index (χ3v) is 2.33. The first-order chi connectivity index (χ1) is 8.16. The van der Waals surface area contributed by atoms with E-state index < -0.39 is 4.92 Å². The second-order valence-electron chi connectivity index (χ2n) is 3.17. The molecule has 0 aliphatic heterocycles. The average Bonchev–Trinajstić information content (AvgIpc) is 2.80. The van der Waals surface area contributed by atoms with Crippen LogP contribution in [-0.4, -0.2) is 11.1 Å². The van der Waals surface area contributed by atoms with Crippen LogP contribution in [0.3, 0.4) is 0 Å². The Morgan fingerprint density at radius 2 is 2.24 bits per heavy atom. The minimum atomic E-state index is -0.547. The Kier molecular flexibility index (Phi) is 3.20. The van der Waals surface area contributed by atoms with Crippen LogP contribution in [-0.2, 0) is 0 Å². The standard InChI is InChI=1S/C11H7ClN2O3/c12-10-4-3-8(6-11(10)14(15)16)13-7-9-2-1-5-17-9/h1-7H. The highest BCUT2D eigenvalue weighted by Gasteiger charge is 2.12. The van der Waals surface area contributed by atoms with Gasteiger partial charge in [0.2, 0.25) is 0 Å². The molecule has 0 amide bonds. The highest BCUT2D eigenvalue weighted by atomic mass is 35.5. The lowest BCUT2D eigenvalue weighted by atomic mass is 10.3. The summed E-state index contributed by atoms with van der Waals surface area (Å²) >= 11 is 5.68. The molecule has 0 spiro atoms. The fraction of sp³-hybridized carbons (Fsp3) is 0. The van der Waals surface area contributed by atoms with Crippen LogP contribution in [0, 0.1) is 10.1 Å². The van der Waals surface area contributed by atoms with Crippen molar-refractivity contribution in [1.29, 1.82) is 0 Å². The van der Waals surface area contributed by atoms with Crippen LogP contribution in [0.15, 0.2) is 46.0 Å². The zero-order chi connectivity index (χ0) is 12.3. The third-order valence-electron chi connectivity index (χ3n) is 2.01. The summed E-state index contributed by atoms with van der Waals surface area (Å²) in [6.07, 6.45) is 3.00. The van der Waals surface area contributed by atoms with Crippen LogP contribution in [0.1, 0.15) is 5.76 Å². The molecule has 0 fully saturated rings. The van der Waals surface area contributed by atoms with Crippen LogP contribution in [0.5, 0.6) is 0 Å². The predicted molar refractivity (Wildman–Crippen MR) is 64.1 cm³/mol. The molecule has 17 heavy (non-hydrogen) atoms. The van der Waals surface area contributed by atoms with Gasteiger partial charge in [-0.2, -0.15) is 0 Å². The first-order valence-electron chi connectivity index (χ1n) is 4.68. The van der Waals surface area contributed by atoms with E-state index in [-0.39, 0.29) is 10.7 Å². The van der Waals surface area contributed by atoms with Gasteiger partial charge in [-0.25, -0.2) is 0 Å². The van der Waals surface area contributed by atoms with Crippen molar-refractivity contribution in [2.75, 3.05) is 0 Å². The maximum absolute atomic E-state index is 10.7. The molecule has 86 valence electrons. The maximum Gasteiger partial charge on any atom is 0.290 e. The molecule has 0 N–H and O–H groups in total. The van der Waals surface area contributed by atoms with Gasteiger partial charge >= 0.3 is 0 Å². The molecule has 2 aromatic rings. The number of aliphatic imine (C=N–C) groups is 1. The summed E-state index contributed by atoms with van der Waals surface area (Å²) in [5, 5.41) is 10.7. The lowest BCUT2D eigenvalue weighted by Gasteiger charge is -1.96. The summed E-state index contributed by atoms with van der Waals surface area (Å²) in [7, 11) is 0. The summed E-state index contributed by atoms with van der Waals surface area (Å²) in [6.45, 7) is 0. The number of nitro benzene ring substituents is 1. The Labute approximate surface area is 101 Å². The van der Waals surface area contributed by atoms with Crippen LogP contribution < -0.4 is 0 Å². The number of halogens is 1. The van der Waals surface area contributed by atoms with Crippen LogP contribution in [0.2, 0.25) is 5.02 Å². The minimum Gasteiger partial charge on any atom is -0.463 e. The molecular formula is C11H7ClN2O3. The molecule has 0 aliphatic carbocycles. The lowest BCUT2D eigenvalue weighted by Crippen LogP contribution is -1.88. The van der Waals surface area contributed by atoms with E-state index in [9.17, 15) is 10.1 Å². The summed E-state index contributed by atoms with van der Waals surface area (Å²) in [6, 6.07) is 7.80. The maximum atomic E-state index is 10.7. The first-order valence-corrected chi connectivity index (χ1v) is 5.06. The molecule has 0 unspecified atom stereocenters. The molecule has 0 aliphatic rings. The van der Waals surface area contributed by atoms with Gasteiger partial charge in [-0.15, -0.1) is 0 Å². The quantitative estimate of drug-likeness (QED) is 0.475. The number of furan rings is 1. The number of hydrogen-bond acceptors (Lipinski definition) is 4. The summed E-state index contributed by atoms with van der Waals surface area (Å²) in [4.78, 5) is 14.2. The van der Waals surface area contributed by atoms with E-state index in [1.807, 2.05) is 0 Å². The Hall–Kier alpha value is -2.14. The zero-order valence-corrected chi connectivity index (χ0v) is 9.29. The van der Waals surface area contributed by atoms with Crippen LogP contribution in [0.4, 0.5) is 11.4 Å². The van der Waals surface area contributed by atoms with Crippen molar-refractivity contribution < 1.29 is 9.34 Å². The van der Waals surface area contributed by atoms with E-state index in [0.29, 0.717) is 11.4 Å². The number of nitrogens with zero attached hydrogens (tertiary/aromatic N) is 2. The predicted octanol–water partition coefficient (Wildman–Crippen LogP) is 3.59. The van der Waals surface area contributed by atoms with Crippen molar-refractivity contribution in [3.63, 3.8) is 0 Å². The van der Waals surface area contributed by atoms with Crippen molar-refractivity contribution in [1.82, 2.24) is 0 Å². The highest BCUT2D eigenvalue weighted by molar-refractivity contribution is 6.32. The Morgan fingerprint density at radius 1 is 1.41 bits per heavy atom. The molecule has 5 nitrogen and oxygen atoms in total. The molecular weight excluding hydrogens is 244 g/mol. The molecule has 1 aromatic carbocycles. The zero-order valence-electron chi connectivity index (χ0n) is 8.54. The molecule has 0 saturated heterocycles. The Morgan fingerprint density at radius 3 is 2.88 bits per heavy atom. The van der Waals surface area contributed by atoms with E-state index in [0.717, 1.165) is 0 Å². The average molecular weight is 251 g/mol. The molecule has 6 heteroatoms. The van der Waals surface area contributed by atoms with Gasteiger partial charge in [0.05, 0.1) is 23.1 Å². The fourth-order valence-electron chi connectivity index (χ4n) is 1.22. The summed E-state index contributed by atoms with van der Waals surface area (Å²) in [5.74, 6) is 0.572. The van der Waals surface area contributed by atoms with Crippen LogP contribution >= 0.6 is 11.6 Å². The molecule has 1 aromatic heterocycles. The van der Waals surface area contributed by atoms with E-state index in [1.165, 1.54) is 24.6 Å². The van der Waals surface area contributed by atoms with E-state index >= 15 is 0 Å². The van der Waals surface area contributed by atoms with Gasteiger partial charge < -0.3 is 4.42 Å². The monoisotopic (exact) mass is 250 g/mol. The normalized spacial score (nSPS) is 10.9. The van der Waals surface area contributed by atoms with E-state index in [2.05, 4.69) is 4.99 Å². The van der Waals surface area contributed by atoms with Gasteiger partial charge in [0.1, 0.15) is 10.8 Å². The Balaban J connectivity index is 2.28. The molecule has 0 saturated carbocycles. The number of nitro groups is 1. The second kappa shape index (κ2) is 4.80. The smallest absolute Gasteiger partial charge is 0.290 e. The SMILES string of the molecule is O=[N+]([O-])c1cc(N=Cc2ccco2)ccc1Cl. The number of rotatable bonds is 3. The van der Waals surface area contributed by atoms with Gasteiger partial charge in [0.15, 0.2) is 0 Å².